The molecule has 1 aliphatic rings. The number of nitrogens with zero attached hydrogens (tertiary/aromatic N) is 1. The van der Waals surface area contributed by atoms with Gasteiger partial charge in [-0.25, -0.2) is 0 Å². The summed E-state index contributed by atoms with van der Waals surface area (Å²) < 4.78 is 15.9. The van der Waals surface area contributed by atoms with Crippen LogP contribution < -0.4 is 19.5 Å². The van der Waals surface area contributed by atoms with Crippen LogP contribution in [-0.2, 0) is 4.79 Å². The van der Waals surface area contributed by atoms with Gasteiger partial charge in [0, 0.05) is 11.8 Å². The summed E-state index contributed by atoms with van der Waals surface area (Å²) in [6.45, 7) is 0.899. The molecule has 0 saturated carbocycles. The molecule has 1 aliphatic heterocycles. The summed E-state index contributed by atoms with van der Waals surface area (Å²) in [6, 6.07) is 9.71. The number of phenols is 1. The third-order valence-corrected chi connectivity index (χ3v) is 4.03. The topological polar surface area (TPSA) is 101 Å². The molecule has 0 aromatic heterocycles. The molecule has 1 amide bonds. The third-order valence-electron chi connectivity index (χ3n) is 3.75. The number of carbonyl (C=O) groups excluding carboxylic acids is 1. The molecule has 0 fully saturated rings. The molecular weight excluding hydrogens is 372 g/mol. The van der Waals surface area contributed by atoms with E-state index in [-0.39, 0.29) is 22.1 Å². The van der Waals surface area contributed by atoms with Gasteiger partial charge in [-0.1, -0.05) is 11.6 Å². The van der Waals surface area contributed by atoms with Gasteiger partial charge < -0.3 is 24.6 Å². The Bertz CT molecular complexity index is 965. The SMILES string of the molecule is COc1cc(/C=C(\C#N)C(=O)Nc2ccc3c(c2)OCCO3)cc(Cl)c1O. The van der Waals surface area contributed by atoms with Crippen molar-refractivity contribution in [2.75, 3.05) is 25.6 Å². The number of fused-ring (bicyclic) bond motifs is 1. The van der Waals surface area contributed by atoms with Gasteiger partial charge in [0.1, 0.15) is 24.9 Å². The molecule has 3 rings (SSSR count). The molecule has 0 bridgehead atoms. The van der Waals surface area contributed by atoms with Gasteiger partial charge in [0.25, 0.3) is 5.91 Å². The third kappa shape index (κ3) is 4.07. The fraction of sp³-hybridized carbons (Fsp3) is 0.158. The summed E-state index contributed by atoms with van der Waals surface area (Å²) in [6.07, 6.45) is 1.35. The zero-order valence-corrected chi connectivity index (χ0v) is 15.0. The quantitative estimate of drug-likeness (QED) is 0.617. The van der Waals surface area contributed by atoms with Crippen molar-refractivity contribution < 1.29 is 24.1 Å². The van der Waals surface area contributed by atoms with E-state index in [9.17, 15) is 15.2 Å². The standard InChI is InChI=1S/C19H15ClN2O5/c1-25-17-8-11(7-14(20)18(17)23)6-12(10-21)19(24)22-13-2-3-15-16(9-13)27-5-4-26-15/h2-3,6-9,23H,4-5H2,1H3,(H,22,24)/b12-6+. The van der Waals surface area contributed by atoms with Crippen LogP contribution >= 0.6 is 11.6 Å². The second kappa shape index (κ2) is 7.89. The Labute approximate surface area is 160 Å². The lowest BCUT2D eigenvalue weighted by atomic mass is 10.1. The Morgan fingerprint density at radius 1 is 1.30 bits per heavy atom. The van der Waals surface area contributed by atoms with E-state index in [4.69, 9.17) is 25.8 Å². The Balaban J connectivity index is 1.83. The summed E-state index contributed by atoms with van der Waals surface area (Å²) in [4.78, 5) is 12.4. The van der Waals surface area contributed by atoms with Crippen molar-refractivity contribution in [1.29, 1.82) is 5.26 Å². The highest BCUT2D eigenvalue weighted by atomic mass is 35.5. The molecule has 0 unspecified atom stereocenters. The first kappa shape index (κ1) is 18.4. The first-order chi connectivity index (χ1) is 13.0. The van der Waals surface area contributed by atoms with Crippen molar-refractivity contribution in [3.05, 3.63) is 46.5 Å². The van der Waals surface area contributed by atoms with E-state index in [0.29, 0.717) is 36.0 Å². The maximum atomic E-state index is 12.4. The van der Waals surface area contributed by atoms with Crippen LogP contribution in [0.15, 0.2) is 35.9 Å². The summed E-state index contributed by atoms with van der Waals surface area (Å²) in [5, 5.41) is 21.8. The van der Waals surface area contributed by atoms with Crippen molar-refractivity contribution in [1.82, 2.24) is 0 Å². The van der Waals surface area contributed by atoms with E-state index in [0.717, 1.165) is 0 Å². The minimum atomic E-state index is -0.600. The molecule has 138 valence electrons. The molecule has 0 radical (unpaired) electrons. The number of benzene rings is 2. The maximum absolute atomic E-state index is 12.4. The molecular formula is C19H15ClN2O5. The Hall–Kier alpha value is -3.37. The number of hydrogen-bond donors (Lipinski definition) is 2. The Morgan fingerprint density at radius 2 is 2.04 bits per heavy atom. The largest absolute Gasteiger partial charge is 0.503 e. The summed E-state index contributed by atoms with van der Waals surface area (Å²) in [5.74, 6) is 0.448. The predicted octanol–water partition coefficient (Wildman–Crippen LogP) is 3.37. The van der Waals surface area contributed by atoms with E-state index >= 15 is 0 Å². The summed E-state index contributed by atoms with van der Waals surface area (Å²) in [7, 11) is 1.37. The zero-order valence-electron chi connectivity index (χ0n) is 14.3. The maximum Gasteiger partial charge on any atom is 0.266 e. The lowest BCUT2D eigenvalue weighted by Gasteiger charge is -2.18. The lowest BCUT2D eigenvalue weighted by Crippen LogP contribution is -2.17. The van der Waals surface area contributed by atoms with Gasteiger partial charge in [-0.05, 0) is 35.9 Å². The van der Waals surface area contributed by atoms with Crippen LogP contribution in [0.4, 0.5) is 5.69 Å². The van der Waals surface area contributed by atoms with Crippen molar-refractivity contribution in [3.63, 3.8) is 0 Å². The van der Waals surface area contributed by atoms with Gasteiger partial charge >= 0.3 is 0 Å². The molecule has 7 nitrogen and oxygen atoms in total. The normalized spacial score (nSPS) is 12.9. The number of methoxy groups -OCH3 is 1. The number of amides is 1. The van der Waals surface area contributed by atoms with E-state index in [1.807, 2.05) is 6.07 Å². The van der Waals surface area contributed by atoms with Crippen molar-refractivity contribution in [3.8, 4) is 29.1 Å². The highest BCUT2D eigenvalue weighted by molar-refractivity contribution is 6.32. The lowest BCUT2D eigenvalue weighted by molar-refractivity contribution is -0.112. The van der Waals surface area contributed by atoms with Gasteiger partial charge in [0.05, 0.1) is 12.1 Å². The van der Waals surface area contributed by atoms with Crippen LogP contribution in [0.1, 0.15) is 5.56 Å². The van der Waals surface area contributed by atoms with Crippen LogP contribution in [-0.4, -0.2) is 31.3 Å². The van der Waals surface area contributed by atoms with Crippen LogP contribution in [0, 0.1) is 11.3 Å². The van der Waals surface area contributed by atoms with Crippen LogP contribution in [0.5, 0.6) is 23.0 Å². The summed E-state index contributed by atoms with van der Waals surface area (Å²) >= 11 is 5.93. The van der Waals surface area contributed by atoms with Crippen LogP contribution in [0.25, 0.3) is 6.08 Å². The number of nitriles is 1. The van der Waals surface area contributed by atoms with Crippen molar-refractivity contribution in [2.45, 2.75) is 0 Å². The fourth-order valence-corrected chi connectivity index (χ4v) is 2.69. The van der Waals surface area contributed by atoms with Crippen LogP contribution in [0.3, 0.4) is 0 Å². The number of hydrogen-bond acceptors (Lipinski definition) is 6. The minimum absolute atomic E-state index is 0.0464. The molecule has 0 saturated heterocycles. The number of halogens is 1. The summed E-state index contributed by atoms with van der Waals surface area (Å²) in [5.41, 5.74) is 0.754. The van der Waals surface area contributed by atoms with Crippen molar-refractivity contribution in [2.24, 2.45) is 0 Å². The molecule has 2 N–H and O–H groups in total. The van der Waals surface area contributed by atoms with Gasteiger partial charge in [-0.2, -0.15) is 5.26 Å². The van der Waals surface area contributed by atoms with E-state index in [2.05, 4.69) is 5.32 Å². The molecule has 0 atom stereocenters. The van der Waals surface area contributed by atoms with Crippen LogP contribution in [0.2, 0.25) is 5.02 Å². The molecule has 27 heavy (non-hydrogen) atoms. The first-order valence-corrected chi connectivity index (χ1v) is 8.29. The highest BCUT2D eigenvalue weighted by Crippen LogP contribution is 2.36. The number of anilines is 1. The number of ether oxygens (including phenoxy) is 3. The number of rotatable bonds is 4. The number of aromatic hydroxyl groups is 1. The number of phenolic OH excluding ortho intramolecular Hbond substituents is 1. The second-order valence-corrected chi connectivity index (χ2v) is 5.94. The smallest absolute Gasteiger partial charge is 0.266 e. The molecule has 8 heteroatoms. The molecule has 2 aromatic carbocycles. The van der Waals surface area contributed by atoms with Gasteiger partial charge in [0.2, 0.25) is 0 Å². The first-order valence-electron chi connectivity index (χ1n) is 7.91. The fourth-order valence-electron chi connectivity index (χ4n) is 2.47. The van der Waals surface area contributed by atoms with Gasteiger partial charge in [-0.15, -0.1) is 0 Å². The average molecular weight is 387 g/mol. The Kier molecular flexibility index (Phi) is 5.38. The molecule has 2 aromatic rings. The monoisotopic (exact) mass is 386 g/mol. The minimum Gasteiger partial charge on any atom is -0.503 e. The van der Waals surface area contributed by atoms with E-state index in [1.165, 1.54) is 25.3 Å². The Morgan fingerprint density at radius 3 is 2.74 bits per heavy atom. The number of nitrogens with one attached hydrogen (secondary N) is 1. The van der Waals surface area contributed by atoms with Gasteiger partial charge in [0.15, 0.2) is 23.0 Å². The van der Waals surface area contributed by atoms with E-state index in [1.54, 1.807) is 18.2 Å². The zero-order chi connectivity index (χ0) is 19.4. The second-order valence-electron chi connectivity index (χ2n) is 5.54. The van der Waals surface area contributed by atoms with E-state index < -0.39 is 5.91 Å². The average Bonchev–Trinajstić information content (AvgIpc) is 2.68. The highest BCUT2D eigenvalue weighted by Gasteiger charge is 2.15. The molecule has 0 spiro atoms. The predicted molar refractivity (Wildman–Crippen MR) is 99.3 cm³/mol. The molecule has 1 heterocycles. The molecule has 0 aliphatic carbocycles. The number of carbonyl (C=O) groups is 1. The van der Waals surface area contributed by atoms with Gasteiger partial charge in [-0.3, -0.25) is 4.79 Å². The van der Waals surface area contributed by atoms with Crippen molar-refractivity contribution >= 4 is 29.3 Å².